The summed E-state index contributed by atoms with van der Waals surface area (Å²) in [6, 6.07) is 11.5. The Balaban J connectivity index is 1.98. The smallest absolute Gasteiger partial charge is 0.300 e. The van der Waals surface area contributed by atoms with E-state index in [1.165, 1.54) is 30.3 Å². The predicted molar refractivity (Wildman–Crippen MR) is 118 cm³/mol. The molecule has 0 bridgehead atoms. The summed E-state index contributed by atoms with van der Waals surface area (Å²) in [4.78, 5) is 31.8. The Hall–Kier alpha value is -4.00. The van der Waals surface area contributed by atoms with E-state index in [-0.39, 0.29) is 16.9 Å². The third kappa shape index (κ3) is 3.51. The maximum Gasteiger partial charge on any atom is 0.300 e. The highest BCUT2D eigenvalue weighted by atomic mass is 19.1. The molecule has 0 aliphatic carbocycles. The average molecular weight is 432 g/mol. The van der Waals surface area contributed by atoms with E-state index < -0.39 is 29.3 Å². The first-order valence-corrected chi connectivity index (χ1v) is 9.95. The molecule has 32 heavy (non-hydrogen) atoms. The van der Waals surface area contributed by atoms with Gasteiger partial charge in [-0.1, -0.05) is 12.1 Å². The SMILES string of the molecule is COc1ccc(F)cc1/C(O)=C1\C(=O)C(=O)N(c2ccc(C)c(C)c2)C1c1cccnc1. The second-order valence-corrected chi connectivity index (χ2v) is 7.57. The normalized spacial score (nSPS) is 17.6. The van der Waals surface area contributed by atoms with Gasteiger partial charge in [-0.15, -0.1) is 0 Å². The zero-order valence-corrected chi connectivity index (χ0v) is 17.8. The molecule has 1 amide bonds. The van der Waals surface area contributed by atoms with Crippen molar-refractivity contribution in [3.05, 3.63) is 94.6 Å². The summed E-state index contributed by atoms with van der Waals surface area (Å²) in [6.07, 6.45) is 3.10. The number of ketones is 1. The Bertz CT molecular complexity index is 1250. The number of hydrogen-bond acceptors (Lipinski definition) is 5. The van der Waals surface area contributed by atoms with Crippen LogP contribution in [-0.2, 0) is 9.59 Å². The number of pyridine rings is 1. The van der Waals surface area contributed by atoms with Crippen molar-refractivity contribution in [2.24, 2.45) is 0 Å². The number of rotatable bonds is 4. The summed E-state index contributed by atoms with van der Waals surface area (Å²) >= 11 is 0. The summed E-state index contributed by atoms with van der Waals surface area (Å²) in [6.45, 7) is 3.86. The van der Waals surface area contributed by atoms with Crippen molar-refractivity contribution >= 4 is 23.1 Å². The van der Waals surface area contributed by atoms with Crippen LogP contribution in [0.25, 0.3) is 5.76 Å². The Morgan fingerprint density at radius 2 is 1.88 bits per heavy atom. The number of nitrogens with zero attached hydrogens (tertiary/aromatic N) is 2. The number of halogens is 1. The molecule has 2 heterocycles. The molecule has 0 saturated carbocycles. The summed E-state index contributed by atoms with van der Waals surface area (Å²) in [5.41, 5.74) is 2.84. The van der Waals surface area contributed by atoms with E-state index in [0.717, 1.165) is 17.2 Å². The first-order valence-electron chi connectivity index (χ1n) is 9.95. The number of amides is 1. The van der Waals surface area contributed by atoms with Gasteiger partial charge in [-0.05, 0) is 66.9 Å². The minimum atomic E-state index is -0.946. The van der Waals surface area contributed by atoms with Crippen molar-refractivity contribution in [1.82, 2.24) is 4.98 Å². The summed E-state index contributed by atoms with van der Waals surface area (Å²) in [5.74, 6) is -2.63. The van der Waals surface area contributed by atoms with Gasteiger partial charge in [0.05, 0.1) is 24.3 Å². The molecule has 6 nitrogen and oxygen atoms in total. The second kappa shape index (κ2) is 8.26. The van der Waals surface area contributed by atoms with Crippen LogP contribution in [0.3, 0.4) is 0 Å². The average Bonchev–Trinajstić information content (AvgIpc) is 3.06. The topological polar surface area (TPSA) is 79.7 Å². The molecular weight excluding hydrogens is 411 g/mol. The molecule has 1 saturated heterocycles. The molecule has 0 spiro atoms. The summed E-state index contributed by atoms with van der Waals surface area (Å²) in [7, 11) is 1.37. The Morgan fingerprint density at radius 1 is 1.09 bits per heavy atom. The van der Waals surface area contributed by atoms with Crippen molar-refractivity contribution in [2.75, 3.05) is 12.0 Å². The molecule has 1 N–H and O–H groups in total. The molecule has 4 rings (SSSR count). The van der Waals surface area contributed by atoms with Gasteiger partial charge in [0.2, 0.25) is 0 Å². The van der Waals surface area contributed by atoms with Crippen LogP contribution in [0.4, 0.5) is 10.1 Å². The quantitative estimate of drug-likeness (QED) is 0.374. The maximum absolute atomic E-state index is 14.0. The fourth-order valence-corrected chi connectivity index (χ4v) is 3.84. The van der Waals surface area contributed by atoms with Crippen molar-refractivity contribution in [3.63, 3.8) is 0 Å². The van der Waals surface area contributed by atoms with E-state index in [2.05, 4.69) is 4.98 Å². The fourth-order valence-electron chi connectivity index (χ4n) is 3.84. The van der Waals surface area contributed by atoms with Gasteiger partial charge in [0, 0.05) is 18.1 Å². The second-order valence-electron chi connectivity index (χ2n) is 7.57. The number of anilines is 1. The number of ether oxygens (including phenoxy) is 1. The standard InChI is InChI=1S/C25H21FN2O4/c1-14-6-8-18(11-15(14)2)28-22(16-5-4-10-27-13-16)21(24(30)25(28)31)23(29)19-12-17(26)7-9-20(19)32-3/h4-13,22,29H,1-3H3/b23-21+. The highest BCUT2D eigenvalue weighted by Gasteiger charge is 2.47. The van der Waals surface area contributed by atoms with Crippen molar-refractivity contribution in [2.45, 2.75) is 19.9 Å². The van der Waals surface area contributed by atoms with Gasteiger partial charge in [0.25, 0.3) is 11.7 Å². The van der Waals surface area contributed by atoms with Crippen LogP contribution >= 0.6 is 0 Å². The third-order valence-electron chi connectivity index (χ3n) is 5.63. The van der Waals surface area contributed by atoms with Crippen LogP contribution in [0, 0.1) is 19.7 Å². The Labute approximate surface area is 184 Å². The Morgan fingerprint density at radius 3 is 2.53 bits per heavy atom. The monoisotopic (exact) mass is 432 g/mol. The molecule has 1 aromatic heterocycles. The van der Waals surface area contributed by atoms with E-state index in [9.17, 15) is 19.1 Å². The van der Waals surface area contributed by atoms with Crippen LogP contribution in [0.1, 0.15) is 28.3 Å². The zero-order valence-electron chi connectivity index (χ0n) is 17.8. The number of methoxy groups -OCH3 is 1. The van der Waals surface area contributed by atoms with Gasteiger partial charge < -0.3 is 9.84 Å². The number of carbonyl (C=O) groups excluding carboxylic acids is 2. The fraction of sp³-hybridized carbons (Fsp3) is 0.160. The number of aliphatic hydroxyl groups excluding tert-OH is 1. The largest absolute Gasteiger partial charge is 0.507 e. The summed E-state index contributed by atoms with van der Waals surface area (Å²) in [5, 5.41) is 11.2. The van der Waals surface area contributed by atoms with E-state index in [0.29, 0.717) is 11.3 Å². The lowest BCUT2D eigenvalue weighted by molar-refractivity contribution is -0.132. The Kier molecular flexibility index (Phi) is 5.48. The van der Waals surface area contributed by atoms with E-state index in [4.69, 9.17) is 4.74 Å². The summed E-state index contributed by atoms with van der Waals surface area (Å²) < 4.78 is 19.2. The third-order valence-corrected chi connectivity index (χ3v) is 5.63. The van der Waals surface area contributed by atoms with E-state index in [1.54, 1.807) is 24.4 Å². The first-order chi connectivity index (χ1) is 15.3. The van der Waals surface area contributed by atoms with Gasteiger partial charge in [-0.25, -0.2) is 4.39 Å². The van der Waals surface area contributed by atoms with Gasteiger partial charge in [-0.3, -0.25) is 19.5 Å². The number of aromatic nitrogens is 1. The minimum absolute atomic E-state index is 0.0144. The lowest BCUT2D eigenvalue weighted by atomic mass is 9.95. The number of hydrogen-bond donors (Lipinski definition) is 1. The highest BCUT2D eigenvalue weighted by molar-refractivity contribution is 6.51. The lowest BCUT2D eigenvalue weighted by Gasteiger charge is -2.26. The minimum Gasteiger partial charge on any atom is -0.507 e. The van der Waals surface area contributed by atoms with Crippen molar-refractivity contribution in [3.8, 4) is 5.75 Å². The number of Topliss-reactive ketones (excluding diaryl/α,β-unsaturated/α-hetero) is 1. The van der Waals surface area contributed by atoms with Crippen molar-refractivity contribution in [1.29, 1.82) is 0 Å². The first kappa shape index (κ1) is 21.2. The lowest BCUT2D eigenvalue weighted by Crippen LogP contribution is -2.29. The van der Waals surface area contributed by atoms with E-state index >= 15 is 0 Å². The molecule has 7 heteroatoms. The molecule has 1 atom stereocenters. The molecule has 1 aliphatic heterocycles. The van der Waals surface area contributed by atoms with Gasteiger partial charge in [0.1, 0.15) is 17.3 Å². The van der Waals surface area contributed by atoms with Gasteiger partial charge in [-0.2, -0.15) is 0 Å². The number of benzene rings is 2. The van der Waals surface area contributed by atoms with Crippen LogP contribution < -0.4 is 9.64 Å². The van der Waals surface area contributed by atoms with Crippen LogP contribution in [0.5, 0.6) is 5.75 Å². The molecule has 2 aromatic carbocycles. The molecular formula is C25H21FN2O4. The number of aryl methyl sites for hydroxylation is 2. The predicted octanol–water partition coefficient (Wildman–Crippen LogP) is 4.47. The van der Waals surface area contributed by atoms with Crippen LogP contribution in [-0.4, -0.2) is 28.9 Å². The molecule has 162 valence electrons. The van der Waals surface area contributed by atoms with E-state index in [1.807, 2.05) is 26.0 Å². The molecule has 1 unspecified atom stereocenters. The van der Waals surface area contributed by atoms with Crippen LogP contribution in [0.15, 0.2) is 66.5 Å². The van der Waals surface area contributed by atoms with Gasteiger partial charge in [0.15, 0.2) is 0 Å². The molecule has 1 fully saturated rings. The van der Waals surface area contributed by atoms with Crippen LogP contribution in [0.2, 0.25) is 0 Å². The number of carbonyl (C=O) groups is 2. The maximum atomic E-state index is 14.0. The highest BCUT2D eigenvalue weighted by Crippen LogP contribution is 2.43. The molecule has 0 radical (unpaired) electrons. The zero-order chi connectivity index (χ0) is 23.0. The van der Waals surface area contributed by atoms with Gasteiger partial charge >= 0.3 is 0 Å². The van der Waals surface area contributed by atoms with Crippen molar-refractivity contribution < 1.29 is 23.8 Å². The number of aliphatic hydroxyl groups is 1. The molecule has 3 aromatic rings. The molecule has 1 aliphatic rings.